The van der Waals surface area contributed by atoms with E-state index in [2.05, 4.69) is 154 Å². The van der Waals surface area contributed by atoms with Crippen LogP contribution in [-0.2, 0) is 0 Å². The highest BCUT2D eigenvalue weighted by Gasteiger charge is 2.65. The van der Waals surface area contributed by atoms with Gasteiger partial charge in [-0.2, -0.15) is 0 Å². The molecule has 176 valence electrons. The topological polar surface area (TPSA) is 9.72 Å². The highest BCUT2D eigenvalue weighted by molar-refractivity contribution is 9.25. The van der Waals surface area contributed by atoms with Crippen LogP contribution in [0.1, 0.15) is 125 Å². The minimum Gasteiger partial charge on any atom is -0.281 e. The third-order valence-corrected chi connectivity index (χ3v) is 13.8. The van der Waals surface area contributed by atoms with E-state index in [1.165, 1.54) is 0 Å². The molecule has 0 radical (unpaired) electrons. The van der Waals surface area contributed by atoms with E-state index in [4.69, 9.17) is 0 Å². The molecule has 0 bridgehead atoms. The lowest BCUT2D eigenvalue weighted by molar-refractivity contribution is 0.00389. The van der Waals surface area contributed by atoms with Gasteiger partial charge in [0.15, 0.2) is 0 Å². The molecule has 0 aliphatic rings. The Labute approximate surface area is 193 Å². The maximum Gasteiger partial charge on any atom is 0.367 e. The summed E-state index contributed by atoms with van der Waals surface area (Å²) in [6.07, 6.45) is 0. The zero-order valence-corrected chi connectivity index (χ0v) is 25.8. The van der Waals surface area contributed by atoms with Crippen molar-refractivity contribution in [1.82, 2.24) is 13.7 Å². The molecule has 0 fully saturated rings. The third kappa shape index (κ3) is 6.78. The molecular formula is C24H54BrN3Si. The highest BCUT2D eigenvalue weighted by Crippen LogP contribution is 2.49. The quantitative estimate of drug-likeness (QED) is 0.298. The normalized spacial score (nSPS) is 16.3. The van der Waals surface area contributed by atoms with Crippen molar-refractivity contribution in [3.63, 3.8) is 0 Å². The van der Waals surface area contributed by atoms with Crippen LogP contribution in [0.2, 0.25) is 0 Å². The maximum atomic E-state index is 4.62. The first-order chi connectivity index (χ1) is 12.1. The van der Waals surface area contributed by atoms with Gasteiger partial charge >= 0.3 is 7.18 Å². The molecule has 0 atom stereocenters. The number of nitrogens with zero attached hydrogens (tertiary/aromatic N) is 3. The Morgan fingerprint density at radius 1 is 0.345 bits per heavy atom. The number of rotatable bonds is 3. The smallest absolute Gasteiger partial charge is 0.281 e. The third-order valence-electron chi connectivity index (χ3n) is 4.88. The summed E-state index contributed by atoms with van der Waals surface area (Å²) >= 11 is 4.62. The van der Waals surface area contributed by atoms with E-state index in [1.807, 2.05) is 0 Å². The van der Waals surface area contributed by atoms with Crippen molar-refractivity contribution in [3.8, 4) is 0 Å². The molecule has 5 heteroatoms. The zero-order chi connectivity index (χ0) is 24.2. The predicted octanol–water partition coefficient (Wildman–Crippen LogP) is 7.51. The van der Waals surface area contributed by atoms with Crippen molar-refractivity contribution < 1.29 is 0 Å². The Hall–Kier alpha value is 0.577. The van der Waals surface area contributed by atoms with Crippen LogP contribution >= 0.6 is 15.3 Å². The molecule has 0 saturated heterocycles. The van der Waals surface area contributed by atoms with Crippen molar-refractivity contribution in [2.24, 2.45) is 0 Å². The Morgan fingerprint density at radius 3 is 0.517 bits per heavy atom. The summed E-state index contributed by atoms with van der Waals surface area (Å²) in [6, 6.07) is 0. The van der Waals surface area contributed by atoms with E-state index in [0.29, 0.717) is 0 Å². The summed E-state index contributed by atoms with van der Waals surface area (Å²) < 4.78 is 8.42. The van der Waals surface area contributed by atoms with Crippen molar-refractivity contribution in [2.75, 3.05) is 0 Å². The van der Waals surface area contributed by atoms with Crippen LogP contribution in [0.5, 0.6) is 0 Å². The molecule has 29 heavy (non-hydrogen) atoms. The monoisotopic (exact) mass is 491 g/mol. The second-order valence-electron chi connectivity index (χ2n) is 14.6. The van der Waals surface area contributed by atoms with Gasteiger partial charge in [-0.15, -0.1) is 0 Å². The Bertz CT molecular complexity index is 425. The average Bonchev–Trinajstić information content (AvgIpc) is 2.11. The van der Waals surface area contributed by atoms with Crippen LogP contribution in [0.15, 0.2) is 0 Å². The molecule has 0 N–H and O–H groups in total. The molecule has 0 amide bonds. The van der Waals surface area contributed by atoms with Crippen LogP contribution < -0.4 is 0 Å². The van der Waals surface area contributed by atoms with Gasteiger partial charge in [0.05, 0.1) is 0 Å². The van der Waals surface area contributed by atoms with Crippen molar-refractivity contribution in [3.05, 3.63) is 0 Å². The van der Waals surface area contributed by atoms with Crippen LogP contribution in [0.25, 0.3) is 0 Å². The van der Waals surface area contributed by atoms with E-state index in [0.717, 1.165) is 0 Å². The van der Waals surface area contributed by atoms with Gasteiger partial charge in [-0.3, -0.25) is 13.7 Å². The summed E-state index contributed by atoms with van der Waals surface area (Å²) in [7, 11) is -2.64. The van der Waals surface area contributed by atoms with Gasteiger partial charge in [0.2, 0.25) is 0 Å². The second kappa shape index (κ2) is 8.17. The molecule has 0 saturated carbocycles. The van der Waals surface area contributed by atoms with E-state index >= 15 is 0 Å². The molecule has 0 aromatic rings. The molecule has 0 rings (SSSR count). The van der Waals surface area contributed by atoms with Crippen molar-refractivity contribution >= 4 is 22.5 Å². The Balaban J connectivity index is 7.70. The lowest BCUT2D eigenvalue weighted by Gasteiger charge is -2.68. The molecule has 0 unspecified atom stereocenters. The molecular weight excluding hydrogens is 438 g/mol. The minimum atomic E-state index is -2.64. The molecule has 0 heterocycles. The first-order valence-corrected chi connectivity index (χ1v) is 15.3. The van der Waals surface area contributed by atoms with Gasteiger partial charge < -0.3 is 0 Å². The Kier molecular flexibility index (Phi) is 8.33. The van der Waals surface area contributed by atoms with Gasteiger partial charge in [0.25, 0.3) is 0 Å². The lowest BCUT2D eigenvalue weighted by atomic mass is 10.0. The molecule has 0 aliphatic heterocycles. The van der Waals surface area contributed by atoms with Gasteiger partial charge in [0, 0.05) is 33.2 Å². The first kappa shape index (κ1) is 29.6. The molecule has 0 spiro atoms. The largest absolute Gasteiger partial charge is 0.367 e. The van der Waals surface area contributed by atoms with E-state index in [9.17, 15) is 0 Å². The van der Waals surface area contributed by atoms with Crippen molar-refractivity contribution in [2.45, 2.75) is 158 Å². The zero-order valence-electron chi connectivity index (χ0n) is 23.2. The summed E-state index contributed by atoms with van der Waals surface area (Å²) in [4.78, 5) is 0. The molecule has 0 aliphatic carbocycles. The average molecular weight is 493 g/mol. The van der Waals surface area contributed by atoms with E-state index in [-0.39, 0.29) is 33.2 Å². The predicted molar refractivity (Wildman–Crippen MR) is 139 cm³/mol. The standard InChI is InChI=1S/C24H54BrN3Si/c1-19(2,3)26(20(4,5)6)29(25,27(21(7,8)9)22(10,11)12)28(23(13,14)15)24(16,17)18/h1-18H3. The Morgan fingerprint density at radius 2 is 0.448 bits per heavy atom. The summed E-state index contributed by atoms with van der Waals surface area (Å²) in [6.45, 7) is 42.6. The second-order valence-corrected chi connectivity index (χ2v) is 20.2. The number of hydrogen-bond acceptors (Lipinski definition) is 3. The van der Waals surface area contributed by atoms with Crippen LogP contribution in [0.3, 0.4) is 0 Å². The molecule has 0 aromatic heterocycles. The first-order valence-electron chi connectivity index (χ1n) is 11.2. The molecule has 3 nitrogen and oxygen atoms in total. The van der Waals surface area contributed by atoms with E-state index in [1.54, 1.807) is 0 Å². The van der Waals surface area contributed by atoms with Crippen LogP contribution in [-0.4, -0.2) is 54.1 Å². The lowest BCUT2D eigenvalue weighted by Crippen LogP contribution is -2.87. The maximum absolute atomic E-state index is 4.62. The van der Waals surface area contributed by atoms with E-state index < -0.39 is 7.18 Å². The highest BCUT2D eigenvalue weighted by atomic mass is 79.9. The fourth-order valence-corrected chi connectivity index (χ4v) is 21.2. The summed E-state index contributed by atoms with van der Waals surface area (Å²) in [5, 5.41) is 0. The molecule has 0 aromatic carbocycles. The fraction of sp³-hybridized carbons (Fsp3) is 1.00. The summed E-state index contributed by atoms with van der Waals surface area (Å²) in [5.74, 6) is 0. The van der Waals surface area contributed by atoms with Crippen molar-refractivity contribution in [1.29, 1.82) is 0 Å². The van der Waals surface area contributed by atoms with Crippen LogP contribution in [0, 0.1) is 0 Å². The minimum absolute atomic E-state index is 0.0164. The van der Waals surface area contributed by atoms with Gasteiger partial charge in [-0.1, -0.05) is 15.3 Å². The van der Waals surface area contributed by atoms with Gasteiger partial charge in [-0.05, 0) is 125 Å². The SMILES string of the molecule is CC(C)(C)N(C(C)(C)C)[Si](Br)(N(C(C)(C)C)C(C)(C)C)N(C(C)(C)C)C(C)(C)C. The fourth-order valence-electron chi connectivity index (χ4n) is 5.88. The van der Waals surface area contributed by atoms with Gasteiger partial charge in [-0.25, -0.2) is 0 Å². The van der Waals surface area contributed by atoms with Gasteiger partial charge in [0.1, 0.15) is 0 Å². The number of hydrogen-bond donors (Lipinski definition) is 0. The summed E-state index contributed by atoms with van der Waals surface area (Å²) in [5.41, 5.74) is -0.0984. The number of halogens is 1. The van der Waals surface area contributed by atoms with Crippen LogP contribution in [0.4, 0.5) is 0 Å².